The van der Waals surface area contributed by atoms with Gasteiger partial charge >= 0.3 is 0 Å². The van der Waals surface area contributed by atoms with Gasteiger partial charge < -0.3 is 15.3 Å². The molecule has 2 N–H and O–H groups in total. The number of benzodiazepines with no additional fused rings is 1. The van der Waals surface area contributed by atoms with E-state index in [9.17, 15) is 19.5 Å². The monoisotopic (exact) mass is 540 g/mol. The van der Waals surface area contributed by atoms with Crippen LogP contribution >= 0.6 is 0 Å². The smallest absolute Gasteiger partial charge is 0.252 e. The Kier molecular flexibility index (Phi) is 9.22. The molecule has 2 amide bonds. The van der Waals surface area contributed by atoms with Crippen LogP contribution in [0.2, 0.25) is 0 Å². The number of Topliss-reactive ketones (excluding diaryl/α,β-unsaturated/α-hetero) is 1. The highest BCUT2D eigenvalue weighted by molar-refractivity contribution is 6.20. The molecule has 1 aliphatic rings. The average Bonchev–Trinajstić information content (AvgIpc) is 3.08. The summed E-state index contributed by atoms with van der Waals surface area (Å²) < 4.78 is 0. The highest BCUT2D eigenvalue weighted by atomic mass is 16.3. The number of hydrogen-bond donors (Lipinski definition) is 2. The molecule has 40 heavy (non-hydrogen) atoms. The molecule has 3 aromatic rings. The lowest BCUT2D eigenvalue weighted by Gasteiger charge is -2.30. The summed E-state index contributed by atoms with van der Waals surface area (Å²) in [7, 11) is 0. The van der Waals surface area contributed by atoms with Gasteiger partial charge in [0.25, 0.3) is 5.91 Å². The average molecular weight is 541 g/mol. The topological polar surface area (TPSA) is 112 Å². The Balaban J connectivity index is 1.74. The van der Waals surface area contributed by atoms with Crippen LogP contribution in [0.3, 0.4) is 0 Å². The number of amides is 2. The van der Waals surface area contributed by atoms with Crippen LogP contribution in [0.15, 0.2) is 77.9 Å². The van der Waals surface area contributed by atoms with Crippen LogP contribution in [0, 0.1) is 5.41 Å². The van der Waals surface area contributed by atoms with Crippen LogP contribution in [0.1, 0.15) is 56.9 Å². The maximum atomic E-state index is 14.1. The molecule has 0 bridgehead atoms. The van der Waals surface area contributed by atoms with Gasteiger partial charge in [0.2, 0.25) is 5.91 Å². The first-order chi connectivity index (χ1) is 19.3. The van der Waals surface area contributed by atoms with Crippen molar-refractivity contribution in [2.75, 3.05) is 23.4 Å². The number of aliphatic hydroxyl groups is 1. The number of carbonyl (C=O) groups is 3. The lowest BCUT2D eigenvalue weighted by atomic mass is 9.81. The molecule has 0 unspecified atom stereocenters. The SMILES string of the molecule is CCC[C@](C)(CO)C(=O)CN1C(=O)[C@H](CC(=O)Nc2cccc(CC)c2)N=C(c2ccccn2)c2ccccc21. The van der Waals surface area contributed by atoms with Crippen LogP contribution in [0.25, 0.3) is 0 Å². The van der Waals surface area contributed by atoms with Gasteiger partial charge in [-0.3, -0.25) is 24.4 Å². The number of nitrogens with zero attached hydrogens (tertiary/aromatic N) is 3. The molecular formula is C32H36N4O4. The summed E-state index contributed by atoms with van der Waals surface area (Å²) in [6.07, 6.45) is 3.46. The van der Waals surface area contributed by atoms with E-state index >= 15 is 0 Å². The maximum Gasteiger partial charge on any atom is 0.252 e. The molecule has 8 heteroatoms. The van der Waals surface area contributed by atoms with E-state index in [0.717, 1.165) is 12.0 Å². The standard InChI is InChI=1S/C32H36N4O4/c1-4-16-32(3,21-37)28(38)20-36-27-15-7-6-13-24(27)30(25-14-8-9-17-33-25)35-26(31(36)40)19-29(39)34-23-12-10-11-22(5-2)18-23/h6-15,17-18,26,37H,4-5,16,19-21H2,1-3H3,(H,34,39)/t26-,32+/m0/s1. The van der Waals surface area contributed by atoms with Crippen LogP contribution in [-0.4, -0.2) is 52.6 Å². The molecule has 0 fully saturated rings. The molecule has 1 aromatic heterocycles. The predicted molar refractivity (Wildman–Crippen MR) is 157 cm³/mol. The predicted octanol–water partition coefficient (Wildman–Crippen LogP) is 4.59. The summed E-state index contributed by atoms with van der Waals surface area (Å²) >= 11 is 0. The summed E-state index contributed by atoms with van der Waals surface area (Å²) in [5, 5.41) is 13.0. The van der Waals surface area contributed by atoms with Crippen molar-refractivity contribution in [3.8, 4) is 0 Å². The summed E-state index contributed by atoms with van der Waals surface area (Å²) in [5.41, 5.74) is 2.93. The van der Waals surface area contributed by atoms with Crippen LogP contribution in [-0.2, 0) is 20.8 Å². The van der Waals surface area contributed by atoms with Crippen LogP contribution in [0.4, 0.5) is 11.4 Å². The Morgan fingerprint density at radius 2 is 1.82 bits per heavy atom. The lowest BCUT2D eigenvalue weighted by molar-refractivity contribution is -0.131. The van der Waals surface area contributed by atoms with Crippen molar-refractivity contribution in [1.82, 2.24) is 4.98 Å². The zero-order valence-corrected chi connectivity index (χ0v) is 23.3. The van der Waals surface area contributed by atoms with Crippen LogP contribution in [0.5, 0.6) is 0 Å². The molecule has 2 heterocycles. The van der Waals surface area contributed by atoms with Gasteiger partial charge in [0.05, 0.1) is 42.1 Å². The first kappa shape index (κ1) is 28.8. The van der Waals surface area contributed by atoms with Gasteiger partial charge in [-0.2, -0.15) is 0 Å². The van der Waals surface area contributed by atoms with E-state index in [1.54, 1.807) is 43.5 Å². The minimum absolute atomic E-state index is 0.212. The number of aryl methyl sites for hydroxylation is 1. The number of hydrogen-bond acceptors (Lipinski definition) is 6. The fourth-order valence-corrected chi connectivity index (χ4v) is 4.94. The molecule has 208 valence electrons. The largest absolute Gasteiger partial charge is 0.395 e. The van der Waals surface area contributed by atoms with Crippen molar-refractivity contribution in [3.05, 3.63) is 89.7 Å². The Morgan fingerprint density at radius 1 is 1.05 bits per heavy atom. The number of ketones is 1. The van der Waals surface area contributed by atoms with Gasteiger partial charge in [-0.05, 0) is 48.7 Å². The number of fused-ring (bicyclic) bond motifs is 1. The molecule has 2 atom stereocenters. The number of benzene rings is 2. The van der Waals surface area contributed by atoms with E-state index in [2.05, 4.69) is 10.3 Å². The molecule has 8 nitrogen and oxygen atoms in total. The Bertz CT molecular complexity index is 1400. The number of aromatic nitrogens is 1. The Morgan fingerprint density at radius 3 is 2.52 bits per heavy atom. The van der Waals surface area contributed by atoms with Gasteiger partial charge in [0.15, 0.2) is 5.78 Å². The maximum absolute atomic E-state index is 14.1. The second-order valence-corrected chi connectivity index (χ2v) is 10.3. The van der Waals surface area contributed by atoms with Gasteiger partial charge in [0, 0.05) is 17.4 Å². The number of carbonyl (C=O) groups excluding carboxylic acids is 3. The summed E-state index contributed by atoms with van der Waals surface area (Å²) in [5.74, 6) is -1.07. The minimum Gasteiger partial charge on any atom is -0.395 e. The third-order valence-corrected chi connectivity index (χ3v) is 7.32. The summed E-state index contributed by atoms with van der Waals surface area (Å²) in [6, 6.07) is 19.2. The van der Waals surface area contributed by atoms with Crippen molar-refractivity contribution in [2.45, 2.75) is 52.5 Å². The number of nitrogens with one attached hydrogen (secondary N) is 1. The van der Waals surface area contributed by atoms with Crippen molar-refractivity contribution in [1.29, 1.82) is 0 Å². The second kappa shape index (κ2) is 12.8. The number of pyridine rings is 1. The first-order valence-electron chi connectivity index (χ1n) is 13.7. The molecule has 0 saturated heterocycles. The molecule has 0 radical (unpaired) electrons. The fraction of sp³-hybridized carbons (Fsp3) is 0.344. The normalized spacial score (nSPS) is 16.4. The third kappa shape index (κ3) is 6.34. The Labute approximate surface area is 235 Å². The number of rotatable bonds is 11. The van der Waals surface area contributed by atoms with E-state index in [1.807, 2.05) is 50.2 Å². The van der Waals surface area contributed by atoms with Gasteiger partial charge in [0.1, 0.15) is 6.04 Å². The quantitative estimate of drug-likeness (QED) is 0.369. The van der Waals surface area contributed by atoms with Crippen molar-refractivity contribution in [3.63, 3.8) is 0 Å². The second-order valence-electron chi connectivity index (χ2n) is 10.3. The summed E-state index contributed by atoms with van der Waals surface area (Å²) in [6.45, 7) is 5.15. The highest BCUT2D eigenvalue weighted by Gasteiger charge is 2.38. The van der Waals surface area contributed by atoms with Gasteiger partial charge in [-0.1, -0.05) is 63.6 Å². The summed E-state index contributed by atoms with van der Waals surface area (Å²) in [4.78, 5) is 51.5. The third-order valence-electron chi connectivity index (χ3n) is 7.32. The zero-order chi connectivity index (χ0) is 28.7. The van der Waals surface area contributed by atoms with E-state index < -0.39 is 17.4 Å². The van der Waals surface area contributed by atoms with Crippen molar-refractivity contribution >= 4 is 34.7 Å². The Hall–Kier alpha value is -4.17. The van der Waals surface area contributed by atoms with Crippen LogP contribution < -0.4 is 10.2 Å². The van der Waals surface area contributed by atoms with E-state index in [1.165, 1.54) is 4.90 Å². The number of para-hydroxylation sites is 1. The first-order valence-corrected chi connectivity index (χ1v) is 13.7. The van der Waals surface area contributed by atoms with E-state index in [0.29, 0.717) is 41.2 Å². The highest BCUT2D eigenvalue weighted by Crippen LogP contribution is 2.31. The molecule has 0 saturated carbocycles. The minimum atomic E-state index is -1.09. The fourth-order valence-electron chi connectivity index (χ4n) is 4.94. The van der Waals surface area contributed by atoms with Gasteiger partial charge in [-0.15, -0.1) is 0 Å². The molecule has 1 aliphatic heterocycles. The molecule has 0 spiro atoms. The molecule has 4 rings (SSSR count). The number of aliphatic imine (C=N–C) groups is 1. The van der Waals surface area contributed by atoms with E-state index in [-0.39, 0.29) is 31.3 Å². The lowest BCUT2D eigenvalue weighted by Crippen LogP contribution is -2.46. The van der Waals surface area contributed by atoms with Gasteiger partial charge in [-0.25, -0.2) is 0 Å². The van der Waals surface area contributed by atoms with E-state index in [4.69, 9.17) is 4.99 Å². The number of aliphatic hydroxyl groups excluding tert-OH is 1. The number of anilines is 2. The van der Waals surface area contributed by atoms with Crippen molar-refractivity contribution in [2.24, 2.45) is 10.4 Å². The molecule has 0 aliphatic carbocycles. The van der Waals surface area contributed by atoms with Crippen molar-refractivity contribution < 1.29 is 19.5 Å². The molecule has 2 aromatic carbocycles. The zero-order valence-electron chi connectivity index (χ0n) is 23.3. The molecular weight excluding hydrogens is 504 g/mol.